The van der Waals surface area contributed by atoms with Gasteiger partial charge in [-0.3, -0.25) is 13.9 Å². The molecule has 0 saturated carbocycles. The molecule has 1 unspecified atom stereocenters. The predicted octanol–water partition coefficient (Wildman–Crippen LogP) is 2.11. The van der Waals surface area contributed by atoms with Crippen LogP contribution < -0.4 is 15.4 Å². The normalized spacial score (nSPS) is 12.3. The molecular weight excluding hydrogens is 373 g/mol. The molecule has 9 heteroatoms. The Balaban J connectivity index is 2.31. The molecule has 2 amide bonds. The largest absolute Gasteiger partial charge is 0.366 e. The van der Waals surface area contributed by atoms with Gasteiger partial charge in [-0.2, -0.15) is 0 Å². The van der Waals surface area contributed by atoms with Crippen LogP contribution in [-0.2, 0) is 14.8 Å². The first kappa shape index (κ1) is 20.4. The van der Waals surface area contributed by atoms with Crippen LogP contribution in [0.2, 0.25) is 0 Å². The van der Waals surface area contributed by atoms with Crippen LogP contribution in [0, 0.1) is 5.82 Å². The van der Waals surface area contributed by atoms with Crippen molar-refractivity contribution >= 4 is 33.2 Å². The minimum Gasteiger partial charge on any atom is -0.366 e. The Labute approximate surface area is 157 Å². The number of nitrogens with one attached hydrogen (secondary N) is 1. The number of anilines is 2. The van der Waals surface area contributed by atoms with Crippen LogP contribution in [0.1, 0.15) is 23.7 Å². The molecular formula is C18H20FN3O4S. The summed E-state index contributed by atoms with van der Waals surface area (Å²) in [5, 5.41) is 2.62. The zero-order valence-corrected chi connectivity index (χ0v) is 15.7. The fourth-order valence-corrected chi connectivity index (χ4v) is 3.80. The Kier molecular flexibility index (Phi) is 6.17. The molecule has 0 spiro atoms. The summed E-state index contributed by atoms with van der Waals surface area (Å²) in [6, 6.07) is 9.70. The molecule has 2 aromatic carbocycles. The second-order valence-electron chi connectivity index (χ2n) is 5.89. The second-order valence-corrected chi connectivity index (χ2v) is 7.75. The minimum absolute atomic E-state index is 0.185. The van der Waals surface area contributed by atoms with Gasteiger partial charge in [0.2, 0.25) is 21.8 Å². The monoisotopic (exact) mass is 393 g/mol. The van der Waals surface area contributed by atoms with Crippen molar-refractivity contribution in [2.24, 2.45) is 5.73 Å². The van der Waals surface area contributed by atoms with E-state index in [0.717, 1.165) is 22.7 Å². The second kappa shape index (κ2) is 8.17. The quantitative estimate of drug-likeness (QED) is 0.751. The van der Waals surface area contributed by atoms with Crippen molar-refractivity contribution in [3.05, 3.63) is 59.9 Å². The standard InChI is InChI=1S/C18H20FN3O4S/c1-3-16(18(24)21-14-8-4-12(5-9-14)17(20)23)22(27(2,25)26)15-10-6-13(19)7-11-15/h4-11,16H,3H2,1-2H3,(H2,20,23)(H,21,24). The van der Waals surface area contributed by atoms with Crippen LogP contribution in [0.3, 0.4) is 0 Å². The highest BCUT2D eigenvalue weighted by molar-refractivity contribution is 7.92. The van der Waals surface area contributed by atoms with Gasteiger partial charge in [0, 0.05) is 11.3 Å². The average molecular weight is 393 g/mol. The molecule has 3 N–H and O–H groups in total. The fourth-order valence-electron chi connectivity index (χ4n) is 2.59. The van der Waals surface area contributed by atoms with Crippen LogP contribution in [-0.4, -0.2) is 32.5 Å². The van der Waals surface area contributed by atoms with Gasteiger partial charge in [-0.05, 0) is 55.0 Å². The molecule has 0 bridgehead atoms. The van der Waals surface area contributed by atoms with E-state index < -0.39 is 33.7 Å². The number of primary amides is 1. The molecule has 2 aromatic rings. The number of sulfonamides is 1. The number of nitrogens with two attached hydrogens (primary N) is 1. The van der Waals surface area contributed by atoms with Gasteiger partial charge in [-0.1, -0.05) is 6.92 Å². The molecule has 1 atom stereocenters. The molecule has 144 valence electrons. The molecule has 7 nitrogen and oxygen atoms in total. The lowest BCUT2D eigenvalue weighted by Gasteiger charge is -2.30. The molecule has 0 heterocycles. The maximum atomic E-state index is 13.2. The van der Waals surface area contributed by atoms with E-state index in [1.165, 1.54) is 36.4 Å². The first-order valence-electron chi connectivity index (χ1n) is 8.09. The predicted molar refractivity (Wildman–Crippen MR) is 101 cm³/mol. The third kappa shape index (κ3) is 5.04. The summed E-state index contributed by atoms with van der Waals surface area (Å²) in [7, 11) is -3.81. The number of halogens is 1. The Bertz CT molecular complexity index is 928. The summed E-state index contributed by atoms with van der Waals surface area (Å²) in [5.41, 5.74) is 6.02. The van der Waals surface area contributed by atoms with Gasteiger partial charge in [0.1, 0.15) is 11.9 Å². The van der Waals surface area contributed by atoms with E-state index >= 15 is 0 Å². The van der Waals surface area contributed by atoms with E-state index in [2.05, 4.69) is 5.32 Å². The first-order valence-corrected chi connectivity index (χ1v) is 9.94. The topological polar surface area (TPSA) is 110 Å². The number of hydrogen-bond acceptors (Lipinski definition) is 4. The maximum absolute atomic E-state index is 13.2. The smallest absolute Gasteiger partial charge is 0.248 e. The summed E-state index contributed by atoms with van der Waals surface area (Å²) in [4.78, 5) is 23.8. The lowest BCUT2D eigenvalue weighted by atomic mass is 10.1. The minimum atomic E-state index is -3.81. The van der Waals surface area contributed by atoms with Gasteiger partial charge in [0.15, 0.2) is 0 Å². The number of rotatable bonds is 7. The maximum Gasteiger partial charge on any atom is 0.248 e. The number of hydrogen-bond donors (Lipinski definition) is 2. The number of nitrogens with zero attached hydrogens (tertiary/aromatic N) is 1. The number of carbonyl (C=O) groups is 2. The molecule has 0 aromatic heterocycles. The summed E-state index contributed by atoms with van der Waals surface area (Å²) in [6.07, 6.45) is 1.17. The molecule has 2 rings (SSSR count). The van der Waals surface area contributed by atoms with Crippen molar-refractivity contribution in [3.63, 3.8) is 0 Å². The van der Waals surface area contributed by atoms with Gasteiger partial charge in [0.25, 0.3) is 0 Å². The Morgan fingerprint density at radius 2 is 1.67 bits per heavy atom. The van der Waals surface area contributed by atoms with E-state index in [9.17, 15) is 22.4 Å². The van der Waals surface area contributed by atoms with E-state index in [1.54, 1.807) is 6.92 Å². The van der Waals surface area contributed by atoms with Crippen molar-refractivity contribution in [3.8, 4) is 0 Å². The average Bonchev–Trinajstić information content (AvgIpc) is 2.60. The van der Waals surface area contributed by atoms with E-state index in [1.807, 2.05) is 0 Å². The molecule has 27 heavy (non-hydrogen) atoms. The molecule has 0 radical (unpaired) electrons. The third-order valence-electron chi connectivity index (χ3n) is 3.85. The summed E-state index contributed by atoms with van der Waals surface area (Å²) < 4.78 is 38.7. The first-order chi connectivity index (χ1) is 12.6. The zero-order chi connectivity index (χ0) is 20.2. The molecule has 0 aliphatic carbocycles. The van der Waals surface area contributed by atoms with Crippen LogP contribution in [0.5, 0.6) is 0 Å². The SMILES string of the molecule is CCC(C(=O)Nc1ccc(C(N)=O)cc1)N(c1ccc(F)cc1)S(C)(=O)=O. The highest BCUT2D eigenvalue weighted by atomic mass is 32.2. The fraction of sp³-hybridized carbons (Fsp3) is 0.222. The van der Waals surface area contributed by atoms with Crippen LogP contribution in [0.15, 0.2) is 48.5 Å². The molecule has 0 aliphatic rings. The third-order valence-corrected chi connectivity index (χ3v) is 5.03. The molecule has 0 saturated heterocycles. The van der Waals surface area contributed by atoms with E-state index in [0.29, 0.717) is 5.69 Å². The Morgan fingerprint density at radius 3 is 2.11 bits per heavy atom. The van der Waals surface area contributed by atoms with Gasteiger partial charge in [0.05, 0.1) is 11.9 Å². The van der Waals surface area contributed by atoms with Crippen LogP contribution in [0.4, 0.5) is 15.8 Å². The van der Waals surface area contributed by atoms with Crippen molar-refractivity contribution in [1.29, 1.82) is 0 Å². The number of amides is 2. The van der Waals surface area contributed by atoms with Crippen LogP contribution >= 0.6 is 0 Å². The van der Waals surface area contributed by atoms with Gasteiger partial charge < -0.3 is 11.1 Å². The lowest BCUT2D eigenvalue weighted by Crippen LogP contribution is -2.47. The van der Waals surface area contributed by atoms with Crippen molar-refractivity contribution < 1.29 is 22.4 Å². The van der Waals surface area contributed by atoms with Gasteiger partial charge in [-0.15, -0.1) is 0 Å². The molecule has 0 aliphatic heterocycles. The van der Waals surface area contributed by atoms with Crippen molar-refractivity contribution in [1.82, 2.24) is 0 Å². The van der Waals surface area contributed by atoms with Crippen molar-refractivity contribution in [2.75, 3.05) is 15.9 Å². The Hall–Kier alpha value is -2.94. The van der Waals surface area contributed by atoms with Gasteiger partial charge in [-0.25, -0.2) is 12.8 Å². The lowest BCUT2D eigenvalue weighted by molar-refractivity contribution is -0.117. The van der Waals surface area contributed by atoms with Gasteiger partial charge >= 0.3 is 0 Å². The number of carbonyl (C=O) groups excluding carboxylic acids is 2. The van der Waals surface area contributed by atoms with Crippen LogP contribution in [0.25, 0.3) is 0 Å². The summed E-state index contributed by atoms with van der Waals surface area (Å²) >= 11 is 0. The summed E-state index contributed by atoms with van der Waals surface area (Å²) in [6.45, 7) is 1.67. The van der Waals surface area contributed by atoms with E-state index in [-0.39, 0.29) is 17.7 Å². The zero-order valence-electron chi connectivity index (χ0n) is 14.8. The van der Waals surface area contributed by atoms with E-state index in [4.69, 9.17) is 5.73 Å². The highest BCUT2D eigenvalue weighted by Crippen LogP contribution is 2.23. The molecule has 0 fully saturated rings. The Morgan fingerprint density at radius 1 is 1.11 bits per heavy atom. The number of benzene rings is 2. The highest BCUT2D eigenvalue weighted by Gasteiger charge is 2.31. The van der Waals surface area contributed by atoms with Crippen molar-refractivity contribution in [2.45, 2.75) is 19.4 Å². The summed E-state index contributed by atoms with van der Waals surface area (Å²) in [5.74, 6) is -1.67.